The van der Waals surface area contributed by atoms with Gasteiger partial charge in [-0.1, -0.05) is 17.8 Å². The number of nitrogens with zero attached hydrogens (tertiary/aromatic N) is 3. The highest BCUT2D eigenvalue weighted by Gasteiger charge is 2.02. The second-order valence-electron chi connectivity index (χ2n) is 3.81. The molecule has 0 saturated heterocycles. The summed E-state index contributed by atoms with van der Waals surface area (Å²) in [5, 5.41) is 3.93. The third-order valence-electron chi connectivity index (χ3n) is 2.48. The third-order valence-corrected chi connectivity index (χ3v) is 3.03. The fourth-order valence-corrected chi connectivity index (χ4v) is 1.94. The molecule has 0 aliphatic rings. The van der Waals surface area contributed by atoms with Gasteiger partial charge in [0.1, 0.15) is 11.6 Å². The highest BCUT2D eigenvalue weighted by atomic mass is 32.2. The van der Waals surface area contributed by atoms with Gasteiger partial charge in [-0.05, 0) is 24.3 Å². The van der Waals surface area contributed by atoms with E-state index >= 15 is 0 Å². The zero-order valence-electron chi connectivity index (χ0n) is 10.6. The predicted molar refractivity (Wildman–Crippen MR) is 78.1 cm³/mol. The van der Waals surface area contributed by atoms with E-state index < -0.39 is 0 Å². The van der Waals surface area contributed by atoms with E-state index in [1.165, 1.54) is 17.3 Å². The van der Waals surface area contributed by atoms with E-state index in [2.05, 4.69) is 31.8 Å². The molecule has 0 aliphatic carbocycles. The van der Waals surface area contributed by atoms with Gasteiger partial charge in [-0.15, -0.1) is 0 Å². The van der Waals surface area contributed by atoms with Gasteiger partial charge in [0.2, 0.25) is 0 Å². The average molecular weight is 276 g/mol. The summed E-state index contributed by atoms with van der Waals surface area (Å²) < 4.78 is 0. The van der Waals surface area contributed by atoms with Crippen molar-refractivity contribution in [2.45, 2.75) is 11.6 Å². The summed E-state index contributed by atoms with van der Waals surface area (Å²) in [6.45, 7) is 0.778. The molecule has 2 aromatic heterocycles. The van der Waals surface area contributed by atoms with Crippen molar-refractivity contribution in [1.29, 1.82) is 0 Å². The minimum absolute atomic E-state index is 0.600. The molecule has 7 heteroatoms. The molecule has 0 spiro atoms. The maximum absolute atomic E-state index is 5.38. The summed E-state index contributed by atoms with van der Waals surface area (Å²) in [6, 6.07) is 5.76. The SMILES string of the molecule is CSc1nc(NN)cc(NCCc2cccnc2)n1. The molecule has 2 heterocycles. The molecule has 0 atom stereocenters. The number of hydrogen-bond donors (Lipinski definition) is 3. The van der Waals surface area contributed by atoms with Gasteiger partial charge >= 0.3 is 0 Å². The topological polar surface area (TPSA) is 88.8 Å². The first-order valence-corrected chi connectivity index (χ1v) is 7.07. The zero-order chi connectivity index (χ0) is 13.5. The summed E-state index contributed by atoms with van der Waals surface area (Å²) in [4.78, 5) is 12.6. The standard InChI is InChI=1S/C12H16N6S/c1-19-12-16-10(7-11(17-12)18-13)15-6-4-9-3-2-5-14-8-9/h2-3,5,7-8H,4,6,13H2,1H3,(H2,15,16,17,18). The molecule has 4 N–H and O–H groups in total. The largest absolute Gasteiger partial charge is 0.370 e. The number of nitrogens with two attached hydrogens (primary N) is 1. The van der Waals surface area contributed by atoms with E-state index in [1.807, 2.05) is 18.5 Å². The fraction of sp³-hybridized carbons (Fsp3) is 0.250. The van der Waals surface area contributed by atoms with Crippen LogP contribution in [-0.4, -0.2) is 27.8 Å². The molecule has 0 unspecified atom stereocenters. The monoisotopic (exact) mass is 276 g/mol. The Kier molecular flexibility index (Phi) is 4.93. The second kappa shape index (κ2) is 6.91. The van der Waals surface area contributed by atoms with Gasteiger partial charge in [0.15, 0.2) is 5.16 Å². The molecule has 0 amide bonds. The van der Waals surface area contributed by atoms with Gasteiger partial charge in [-0.3, -0.25) is 4.98 Å². The minimum Gasteiger partial charge on any atom is -0.370 e. The molecule has 0 fully saturated rings. The van der Waals surface area contributed by atoms with Crippen LogP contribution in [0.3, 0.4) is 0 Å². The molecule has 0 bridgehead atoms. The van der Waals surface area contributed by atoms with Gasteiger partial charge in [0.05, 0.1) is 0 Å². The number of hydrogen-bond acceptors (Lipinski definition) is 7. The van der Waals surface area contributed by atoms with Crippen molar-refractivity contribution in [2.75, 3.05) is 23.5 Å². The Morgan fingerprint density at radius 1 is 1.32 bits per heavy atom. The maximum Gasteiger partial charge on any atom is 0.191 e. The summed E-state index contributed by atoms with van der Waals surface area (Å²) in [7, 11) is 0. The van der Waals surface area contributed by atoms with E-state index in [-0.39, 0.29) is 0 Å². The van der Waals surface area contributed by atoms with Gasteiger partial charge in [0, 0.05) is 25.0 Å². The van der Waals surface area contributed by atoms with E-state index in [4.69, 9.17) is 5.84 Å². The Hall–Kier alpha value is -1.86. The van der Waals surface area contributed by atoms with Crippen LogP contribution in [0.25, 0.3) is 0 Å². The maximum atomic E-state index is 5.38. The fourth-order valence-electron chi connectivity index (χ4n) is 1.56. The summed E-state index contributed by atoms with van der Waals surface area (Å²) in [5.41, 5.74) is 3.72. The molecular weight excluding hydrogens is 260 g/mol. The van der Waals surface area contributed by atoms with Crippen molar-refractivity contribution in [3.8, 4) is 0 Å². The lowest BCUT2D eigenvalue weighted by molar-refractivity contribution is 0.936. The van der Waals surface area contributed by atoms with Gasteiger partial charge < -0.3 is 10.7 Å². The van der Waals surface area contributed by atoms with Crippen molar-refractivity contribution in [1.82, 2.24) is 15.0 Å². The number of anilines is 2. The van der Waals surface area contributed by atoms with Crippen molar-refractivity contribution in [2.24, 2.45) is 5.84 Å². The summed E-state index contributed by atoms with van der Waals surface area (Å²) in [6.07, 6.45) is 6.44. The van der Waals surface area contributed by atoms with Crippen molar-refractivity contribution >= 4 is 23.4 Å². The van der Waals surface area contributed by atoms with Gasteiger partial charge in [-0.25, -0.2) is 15.8 Å². The van der Waals surface area contributed by atoms with Crippen LogP contribution in [0.2, 0.25) is 0 Å². The molecule has 19 heavy (non-hydrogen) atoms. The van der Waals surface area contributed by atoms with Crippen LogP contribution in [0.5, 0.6) is 0 Å². The first kappa shape index (κ1) is 13.6. The molecule has 0 radical (unpaired) electrons. The molecular formula is C12H16N6S. The Balaban J connectivity index is 1.95. The third kappa shape index (κ3) is 4.08. The zero-order valence-corrected chi connectivity index (χ0v) is 11.4. The quantitative estimate of drug-likeness (QED) is 0.319. The first-order valence-electron chi connectivity index (χ1n) is 5.84. The van der Waals surface area contributed by atoms with E-state index in [0.717, 1.165) is 18.8 Å². The number of rotatable bonds is 6. The number of pyridine rings is 1. The molecule has 6 nitrogen and oxygen atoms in total. The molecule has 0 aliphatic heterocycles. The summed E-state index contributed by atoms with van der Waals surface area (Å²) in [5.74, 6) is 6.74. The first-order chi connectivity index (χ1) is 9.31. The van der Waals surface area contributed by atoms with Crippen molar-refractivity contribution in [3.63, 3.8) is 0 Å². The highest BCUT2D eigenvalue weighted by molar-refractivity contribution is 7.98. The summed E-state index contributed by atoms with van der Waals surface area (Å²) >= 11 is 1.47. The Morgan fingerprint density at radius 3 is 2.84 bits per heavy atom. The molecule has 0 aromatic carbocycles. The van der Waals surface area contributed by atoms with Crippen LogP contribution < -0.4 is 16.6 Å². The number of aromatic nitrogens is 3. The van der Waals surface area contributed by atoms with Crippen LogP contribution in [0.1, 0.15) is 5.56 Å². The van der Waals surface area contributed by atoms with E-state index in [0.29, 0.717) is 11.0 Å². The van der Waals surface area contributed by atoms with Crippen LogP contribution in [0.4, 0.5) is 11.6 Å². The predicted octanol–water partition coefficient (Wildman–Crippen LogP) is 1.53. The van der Waals surface area contributed by atoms with Crippen LogP contribution >= 0.6 is 11.8 Å². The molecule has 100 valence electrons. The molecule has 2 aromatic rings. The van der Waals surface area contributed by atoms with Crippen molar-refractivity contribution in [3.05, 3.63) is 36.2 Å². The lowest BCUT2D eigenvalue weighted by Gasteiger charge is -2.08. The highest BCUT2D eigenvalue weighted by Crippen LogP contribution is 2.16. The second-order valence-corrected chi connectivity index (χ2v) is 4.58. The number of hydrazine groups is 1. The van der Waals surface area contributed by atoms with Crippen LogP contribution in [0.15, 0.2) is 35.7 Å². The normalized spacial score (nSPS) is 10.2. The number of nitrogens with one attached hydrogen (secondary N) is 2. The molecule has 2 rings (SSSR count). The van der Waals surface area contributed by atoms with E-state index in [9.17, 15) is 0 Å². The lowest BCUT2D eigenvalue weighted by Crippen LogP contribution is -2.12. The number of nitrogen functional groups attached to an aromatic ring is 1. The van der Waals surface area contributed by atoms with Crippen LogP contribution in [-0.2, 0) is 6.42 Å². The number of thioether (sulfide) groups is 1. The average Bonchev–Trinajstić information content (AvgIpc) is 2.48. The molecule has 0 saturated carbocycles. The van der Waals surface area contributed by atoms with Crippen LogP contribution in [0, 0.1) is 0 Å². The Morgan fingerprint density at radius 2 is 2.16 bits per heavy atom. The Labute approximate surface area is 116 Å². The van der Waals surface area contributed by atoms with Crippen molar-refractivity contribution < 1.29 is 0 Å². The van der Waals surface area contributed by atoms with Gasteiger partial charge in [0.25, 0.3) is 0 Å². The Bertz CT molecular complexity index is 497. The van der Waals surface area contributed by atoms with E-state index in [1.54, 1.807) is 12.3 Å². The smallest absolute Gasteiger partial charge is 0.191 e. The van der Waals surface area contributed by atoms with Gasteiger partial charge in [-0.2, -0.15) is 0 Å². The minimum atomic E-state index is 0.600. The lowest BCUT2D eigenvalue weighted by atomic mass is 10.2.